The summed E-state index contributed by atoms with van der Waals surface area (Å²) in [5.41, 5.74) is 2.28. The molecule has 0 bridgehead atoms. The van der Waals surface area contributed by atoms with E-state index in [0.29, 0.717) is 6.10 Å². The van der Waals surface area contributed by atoms with Gasteiger partial charge in [0.1, 0.15) is 0 Å². The SMILES string of the molecule is Cc1cc(N(C)CC2CCCO2)ccn1. The second kappa shape index (κ2) is 4.62. The van der Waals surface area contributed by atoms with Gasteiger partial charge in [-0.1, -0.05) is 0 Å². The summed E-state index contributed by atoms with van der Waals surface area (Å²) in [6, 6.07) is 4.15. The number of hydrogen-bond acceptors (Lipinski definition) is 3. The maximum Gasteiger partial charge on any atom is 0.0750 e. The number of aromatic nitrogens is 1. The van der Waals surface area contributed by atoms with Crippen LogP contribution in [0, 0.1) is 6.92 Å². The number of hydrogen-bond donors (Lipinski definition) is 0. The van der Waals surface area contributed by atoms with E-state index < -0.39 is 0 Å². The Bertz CT molecular complexity index is 321. The van der Waals surface area contributed by atoms with Gasteiger partial charge in [-0.05, 0) is 31.9 Å². The Kier molecular flexibility index (Phi) is 3.21. The average Bonchev–Trinajstić information content (AvgIpc) is 2.70. The molecule has 82 valence electrons. The first-order valence-electron chi connectivity index (χ1n) is 5.51. The van der Waals surface area contributed by atoms with Crippen LogP contribution in [-0.2, 0) is 4.74 Å². The molecule has 1 aliphatic rings. The lowest BCUT2D eigenvalue weighted by Crippen LogP contribution is -2.28. The molecule has 1 aromatic rings. The standard InChI is InChI=1S/C12H18N2O/c1-10-8-11(5-6-13-10)14(2)9-12-4-3-7-15-12/h5-6,8,12H,3-4,7,9H2,1-2H3. The van der Waals surface area contributed by atoms with E-state index in [1.165, 1.54) is 18.5 Å². The van der Waals surface area contributed by atoms with Crippen LogP contribution < -0.4 is 4.90 Å². The number of likely N-dealkylation sites (N-methyl/N-ethyl adjacent to an activating group) is 1. The number of nitrogens with zero attached hydrogens (tertiary/aromatic N) is 2. The summed E-state index contributed by atoms with van der Waals surface area (Å²) in [6.45, 7) is 3.92. The molecular formula is C12H18N2O. The fraction of sp³-hybridized carbons (Fsp3) is 0.583. The minimum atomic E-state index is 0.406. The van der Waals surface area contributed by atoms with Crippen LogP contribution in [0.2, 0.25) is 0 Å². The molecule has 2 heterocycles. The molecule has 2 rings (SSSR count). The monoisotopic (exact) mass is 206 g/mol. The normalized spacial score (nSPS) is 20.5. The molecule has 1 aromatic heterocycles. The van der Waals surface area contributed by atoms with Crippen LogP contribution >= 0.6 is 0 Å². The van der Waals surface area contributed by atoms with Crippen molar-refractivity contribution < 1.29 is 4.74 Å². The van der Waals surface area contributed by atoms with Gasteiger partial charge in [-0.2, -0.15) is 0 Å². The van der Waals surface area contributed by atoms with Crippen molar-refractivity contribution in [2.24, 2.45) is 0 Å². The third-order valence-electron chi connectivity index (χ3n) is 2.82. The minimum Gasteiger partial charge on any atom is -0.376 e. The lowest BCUT2D eigenvalue weighted by Gasteiger charge is -2.22. The van der Waals surface area contributed by atoms with Crippen LogP contribution in [0.5, 0.6) is 0 Å². The highest BCUT2D eigenvalue weighted by atomic mass is 16.5. The second-order valence-electron chi connectivity index (χ2n) is 4.17. The molecule has 0 amide bonds. The Balaban J connectivity index is 1.97. The molecule has 1 fully saturated rings. The molecule has 0 aromatic carbocycles. The van der Waals surface area contributed by atoms with Gasteiger partial charge in [0.2, 0.25) is 0 Å². The maximum absolute atomic E-state index is 5.62. The van der Waals surface area contributed by atoms with Gasteiger partial charge in [0.05, 0.1) is 6.10 Å². The maximum atomic E-state index is 5.62. The number of pyridine rings is 1. The quantitative estimate of drug-likeness (QED) is 0.756. The zero-order chi connectivity index (χ0) is 10.7. The molecule has 1 saturated heterocycles. The molecule has 1 unspecified atom stereocenters. The summed E-state index contributed by atoms with van der Waals surface area (Å²) in [5.74, 6) is 0. The lowest BCUT2D eigenvalue weighted by molar-refractivity contribution is 0.116. The number of anilines is 1. The Morgan fingerprint density at radius 3 is 3.13 bits per heavy atom. The van der Waals surface area contributed by atoms with Crippen LogP contribution in [0.25, 0.3) is 0 Å². The van der Waals surface area contributed by atoms with Crippen molar-refractivity contribution in [2.75, 3.05) is 25.1 Å². The van der Waals surface area contributed by atoms with Gasteiger partial charge in [0, 0.05) is 37.8 Å². The van der Waals surface area contributed by atoms with Crippen molar-refractivity contribution >= 4 is 5.69 Å². The molecule has 3 heteroatoms. The molecule has 3 nitrogen and oxygen atoms in total. The Labute approximate surface area is 91.1 Å². The van der Waals surface area contributed by atoms with Gasteiger partial charge in [0.15, 0.2) is 0 Å². The highest BCUT2D eigenvalue weighted by Crippen LogP contribution is 2.17. The molecule has 0 saturated carbocycles. The molecular weight excluding hydrogens is 188 g/mol. The largest absolute Gasteiger partial charge is 0.376 e. The highest BCUT2D eigenvalue weighted by Gasteiger charge is 2.17. The predicted molar refractivity (Wildman–Crippen MR) is 61.2 cm³/mol. The lowest BCUT2D eigenvalue weighted by atomic mass is 10.2. The zero-order valence-corrected chi connectivity index (χ0v) is 9.44. The van der Waals surface area contributed by atoms with E-state index in [2.05, 4.69) is 23.0 Å². The Morgan fingerprint density at radius 1 is 1.60 bits per heavy atom. The third-order valence-corrected chi connectivity index (χ3v) is 2.82. The average molecular weight is 206 g/mol. The molecule has 1 atom stereocenters. The van der Waals surface area contributed by atoms with Crippen molar-refractivity contribution in [3.8, 4) is 0 Å². The Hall–Kier alpha value is -1.09. The summed E-state index contributed by atoms with van der Waals surface area (Å²) < 4.78 is 5.62. The summed E-state index contributed by atoms with van der Waals surface area (Å²) in [5, 5.41) is 0. The van der Waals surface area contributed by atoms with Crippen LogP contribution in [0.1, 0.15) is 18.5 Å². The third kappa shape index (κ3) is 2.69. The first-order valence-corrected chi connectivity index (χ1v) is 5.51. The Morgan fingerprint density at radius 2 is 2.47 bits per heavy atom. The number of ether oxygens (including phenoxy) is 1. The summed E-state index contributed by atoms with van der Waals surface area (Å²) >= 11 is 0. The van der Waals surface area contributed by atoms with Crippen LogP contribution in [0.15, 0.2) is 18.3 Å². The van der Waals surface area contributed by atoms with E-state index in [4.69, 9.17) is 4.74 Å². The number of rotatable bonds is 3. The van der Waals surface area contributed by atoms with Gasteiger partial charge in [-0.25, -0.2) is 0 Å². The zero-order valence-electron chi connectivity index (χ0n) is 9.44. The fourth-order valence-corrected chi connectivity index (χ4v) is 1.97. The van der Waals surface area contributed by atoms with Gasteiger partial charge in [0.25, 0.3) is 0 Å². The van der Waals surface area contributed by atoms with Gasteiger partial charge >= 0.3 is 0 Å². The topological polar surface area (TPSA) is 25.4 Å². The summed E-state index contributed by atoms with van der Waals surface area (Å²) in [6.07, 6.45) is 4.65. The second-order valence-corrected chi connectivity index (χ2v) is 4.17. The van der Waals surface area contributed by atoms with Gasteiger partial charge < -0.3 is 9.64 Å². The smallest absolute Gasteiger partial charge is 0.0750 e. The van der Waals surface area contributed by atoms with Crippen LogP contribution in [0.3, 0.4) is 0 Å². The van der Waals surface area contributed by atoms with E-state index in [1.54, 1.807) is 0 Å². The first-order chi connectivity index (χ1) is 7.25. The van der Waals surface area contributed by atoms with E-state index in [1.807, 2.05) is 19.2 Å². The summed E-state index contributed by atoms with van der Waals surface area (Å²) in [7, 11) is 2.11. The van der Waals surface area contributed by atoms with Crippen molar-refractivity contribution in [3.63, 3.8) is 0 Å². The molecule has 0 aliphatic carbocycles. The van der Waals surface area contributed by atoms with E-state index in [0.717, 1.165) is 18.8 Å². The van der Waals surface area contributed by atoms with Gasteiger partial charge in [-0.15, -0.1) is 0 Å². The summed E-state index contributed by atoms with van der Waals surface area (Å²) in [4.78, 5) is 6.44. The van der Waals surface area contributed by atoms with Crippen LogP contribution in [-0.4, -0.2) is 31.3 Å². The van der Waals surface area contributed by atoms with Crippen LogP contribution in [0.4, 0.5) is 5.69 Å². The van der Waals surface area contributed by atoms with E-state index >= 15 is 0 Å². The predicted octanol–water partition coefficient (Wildman–Crippen LogP) is 2.01. The molecule has 1 aliphatic heterocycles. The van der Waals surface area contributed by atoms with Gasteiger partial charge in [-0.3, -0.25) is 4.98 Å². The number of aryl methyl sites for hydroxylation is 1. The van der Waals surface area contributed by atoms with Crippen molar-refractivity contribution in [3.05, 3.63) is 24.0 Å². The van der Waals surface area contributed by atoms with E-state index in [-0.39, 0.29) is 0 Å². The molecule has 0 radical (unpaired) electrons. The van der Waals surface area contributed by atoms with Crippen molar-refractivity contribution in [1.82, 2.24) is 4.98 Å². The first kappa shape index (κ1) is 10.4. The van der Waals surface area contributed by atoms with Crippen molar-refractivity contribution in [2.45, 2.75) is 25.9 Å². The minimum absolute atomic E-state index is 0.406. The molecule has 0 N–H and O–H groups in total. The highest BCUT2D eigenvalue weighted by molar-refractivity contribution is 5.45. The molecule has 0 spiro atoms. The fourth-order valence-electron chi connectivity index (χ4n) is 1.97. The van der Waals surface area contributed by atoms with E-state index in [9.17, 15) is 0 Å². The molecule has 15 heavy (non-hydrogen) atoms. The van der Waals surface area contributed by atoms with Crippen molar-refractivity contribution in [1.29, 1.82) is 0 Å².